The molecule has 3 saturated carbocycles. The standard InChI is InChI=1S/C38H52N4O4/c1-6-42(7-2)29-11-8-26(9-12-29)22-27(24-39)35(44)40-20-21-41-36(45)46-30-16-18-37(4)28(23-30)10-13-31-33-15-14-32(25(3)43)38(33,5)19-17-34(31)37/h8-12,22,30-34H,6-7,13-21,23H2,1-5H3,(H,40,44)(H,41,45)/b27-22+/t30-,31-,32+,33-,34-,37-,38+/m0/s1. The Bertz CT molecular complexity index is 1410. The first-order valence-electron chi connectivity index (χ1n) is 17.4. The molecule has 0 aromatic heterocycles. The lowest BCUT2D eigenvalue weighted by molar-refractivity contribution is -0.127. The Morgan fingerprint density at radius 2 is 1.72 bits per heavy atom. The number of benzene rings is 1. The average molecular weight is 629 g/mol. The van der Waals surface area contributed by atoms with Crippen molar-refractivity contribution in [1.82, 2.24) is 10.6 Å². The molecule has 3 fully saturated rings. The van der Waals surface area contributed by atoms with E-state index in [4.69, 9.17) is 4.74 Å². The lowest BCUT2D eigenvalue weighted by Crippen LogP contribution is -2.51. The fourth-order valence-corrected chi connectivity index (χ4v) is 9.71. The molecule has 4 aliphatic carbocycles. The van der Waals surface area contributed by atoms with Gasteiger partial charge in [0.2, 0.25) is 0 Å². The number of ether oxygens (including phenoxy) is 1. The molecule has 1 aromatic rings. The lowest BCUT2D eigenvalue weighted by Gasteiger charge is -2.58. The van der Waals surface area contributed by atoms with Gasteiger partial charge in [0.15, 0.2) is 0 Å². The summed E-state index contributed by atoms with van der Waals surface area (Å²) >= 11 is 0. The molecular formula is C38H52N4O4. The molecule has 0 spiro atoms. The highest BCUT2D eigenvalue weighted by molar-refractivity contribution is 6.01. The van der Waals surface area contributed by atoms with Gasteiger partial charge in [0.1, 0.15) is 23.5 Å². The summed E-state index contributed by atoms with van der Waals surface area (Å²) in [6.07, 6.45) is 11.6. The average Bonchev–Trinajstić information content (AvgIpc) is 3.41. The van der Waals surface area contributed by atoms with Gasteiger partial charge < -0.3 is 20.3 Å². The summed E-state index contributed by atoms with van der Waals surface area (Å²) in [5.74, 6) is 2.02. The highest BCUT2D eigenvalue weighted by Gasteiger charge is 2.59. The van der Waals surface area contributed by atoms with Crippen LogP contribution in [0.3, 0.4) is 0 Å². The van der Waals surface area contributed by atoms with Gasteiger partial charge >= 0.3 is 6.09 Å². The van der Waals surface area contributed by atoms with Crippen molar-refractivity contribution in [3.05, 3.63) is 47.1 Å². The van der Waals surface area contributed by atoms with Crippen LogP contribution in [0.4, 0.5) is 10.5 Å². The minimum absolute atomic E-state index is 0.0145. The number of nitrogens with one attached hydrogen (secondary N) is 2. The second-order valence-corrected chi connectivity index (χ2v) is 14.4. The highest BCUT2D eigenvalue weighted by atomic mass is 16.6. The second kappa shape index (κ2) is 14.0. The fraction of sp³-hybridized carbons (Fsp3) is 0.632. The number of amides is 2. The molecular weight excluding hydrogens is 576 g/mol. The van der Waals surface area contributed by atoms with Crippen LogP contribution in [-0.4, -0.2) is 50.1 Å². The van der Waals surface area contributed by atoms with Crippen LogP contribution < -0.4 is 15.5 Å². The summed E-state index contributed by atoms with van der Waals surface area (Å²) < 4.78 is 5.84. The Hall–Kier alpha value is -3.60. The van der Waals surface area contributed by atoms with Crippen LogP contribution in [0.25, 0.3) is 6.08 Å². The number of anilines is 1. The molecule has 0 bridgehead atoms. The van der Waals surface area contributed by atoms with Gasteiger partial charge in [-0.2, -0.15) is 5.26 Å². The number of hydrogen-bond acceptors (Lipinski definition) is 6. The van der Waals surface area contributed by atoms with Gasteiger partial charge in [-0.15, -0.1) is 0 Å². The van der Waals surface area contributed by atoms with Gasteiger partial charge in [-0.1, -0.05) is 37.6 Å². The maximum Gasteiger partial charge on any atom is 0.407 e. The van der Waals surface area contributed by atoms with Crippen LogP contribution in [0.1, 0.15) is 91.5 Å². The molecule has 8 heteroatoms. The van der Waals surface area contributed by atoms with Gasteiger partial charge in [0.25, 0.3) is 5.91 Å². The van der Waals surface area contributed by atoms with Crippen LogP contribution in [0.2, 0.25) is 0 Å². The summed E-state index contributed by atoms with van der Waals surface area (Å²) in [6.45, 7) is 13.0. The van der Waals surface area contributed by atoms with Crippen LogP contribution in [-0.2, 0) is 14.3 Å². The molecule has 248 valence electrons. The number of allylic oxidation sites excluding steroid dienone is 1. The smallest absolute Gasteiger partial charge is 0.407 e. The Kier molecular flexibility index (Phi) is 10.3. The van der Waals surface area contributed by atoms with E-state index >= 15 is 0 Å². The summed E-state index contributed by atoms with van der Waals surface area (Å²) in [5, 5.41) is 15.0. The molecule has 0 unspecified atom stereocenters. The van der Waals surface area contributed by atoms with Crippen molar-refractivity contribution in [3.63, 3.8) is 0 Å². The van der Waals surface area contributed by atoms with E-state index in [-0.39, 0.29) is 41.5 Å². The van der Waals surface area contributed by atoms with Gasteiger partial charge in [-0.25, -0.2) is 4.79 Å². The number of alkyl carbamates (subject to hydrolysis) is 1. The van der Waals surface area contributed by atoms with E-state index in [1.54, 1.807) is 13.0 Å². The van der Waals surface area contributed by atoms with Crippen LogP contribution >= 0.6 is 0 Å². The van der Waals surface area contributed by atoms with Gasteiger partial charge in [-0.05, 0) is 118 Å². The molecule has 0 saturated heterocycles. The lowest BCUT2D eigenvalue weighted by atomic mass is 9.47. The van der Waals surface area contributed by atoms with E-state index in [2.05, 4.69) is 49.3 Å². The van der Waals surface area contributed by atoms with E-state index in [1.165, 1.54) is 18.4 Å². The molecule has 7 atom stereocenters. The molecule has 2 amide bonds. The maximum absolute atomic E-state index is 12.7. The van der Waals surface area contributed by atoms with E-state index in [9.17, 15) is 19.6 Å². The zero-order chi connectivity index (χ0) is 33.1. The summed E-state index contributed by atoms with van der Waals surface area (Å²) in [6, 6.07) is 9.76. The third kappa shape index (κ3) is 6.61. The number of fused-ring (bicyclic) bond motifs is 5. The first kappa shape index (κ1) is 33.8. The first-order valence-corrected chi connectivity index (χ1v) is 17.4. The number of Topliss-reactive ketones (excluding diaryl/α,β-unsaturated/α-hetero) is 1. The maximum atomic E-state index is 12.7. The van der Waals surface area contributed by atoms with Crippen molar-refractivity contribution < 1.29 is 19.1 Å². The normalized spacial score (nSPS) is 31.7. The van der Waals surface area contributed by atoms with Crippen LogP contribution in [0.15, 0.2) is 41.5 Å². The Labute approximate surface area is 275 Å². The monoisotopic (exact) mass is 628 g/mol. The Morgan fingerprint density at radius 1 is 1.00 bits per heavy atom. The minimum Gasteiger partial charge on any atom is -0.446 e. The predicted octanol–water partition coefficient (Wildman–Crippen LogP) is 6.82. The SMILES string of the molecule is CCN(CC)c1ccc(/C=C(\C#N)C(=O)NCCNC(=O)O[C@H]2CC[C@@]3(C)C(=CC[C@H]4[C@@H]5CC[C@H](C(C)=O)[C@@]5(C)CC[C@@H]43)C2)cc1. The number of ketones is 1. The molecule has 2 N–H and O–H groups in total. The minimum atomic E-state index is -0.476. The second-order valence-electron chi connectivity index (χ2n) is 14.4. The third-order valence-corrected chi connectivity index (χ3v) is 12.2. The quantitative estimate of drug-likeness (QED) is 0.127. The number of carbonyl (C=O) groups excluding carboxylic acids is 3. The largest absolute Gasteiger partial charge is 0.446 e. The van der Waals surface area contributed by atoms with Crippen LogP contribution in [0.5, 0.6) is 0 Å². The summed E-state index contributed by atoms with van der Waals surface area (Å²) in [7, 11) is 0. The van der Waals surface area contributed by atoms with Crippen molar-refractivity contribution >= 4 is 29.5 Å². The zero-order valence-corrected chi connectivity index (χ0v) is 28.4. The number of rotatable bonds is 10. The predicted molar refractivity (Wildman–Crippen MR) is 181 cm³/mol. The van der Waals surface area contributed by atoms with Crippen molar-refractivity contribution in [2.45, 2.75) is 92.1 Å². The number of hydrogen-bond donors (Lipinski definition) is 2. The molecule has 4 aliphatic rings. The molecule has 1 aromatic carbocycles. The molecule has 5 rings (SSSR count). The topological polar surface area (TPSA) is 112 Å². The van der Waals surface area contributed by atoms with E-state index in [0.717, 1.165) is 62.9 Å². The van der Waals surface area contributed by atoms with E-state index in [0.29, 0.717) is 23.5 Å². The number of carbonyl (C=O) groups is 3. The molecule has 0 radical (unpaired) electrons. The summed E-state index contributed by atoms with van der Waals surface area (Å²) in [5.41, 5.74) is 3.61. The number of nitrogens with zero attached hydrogens (tertiary/aromatic N) is 2. The van der Waals surface area contributed by atoms with Gasteiger partial charge in [0, 0.05) is 44.2 Å². The molecule has 0 heterocycles. The Balaban J connectivity index is 1.08. The zero-order valence-electron chi connectivity index (χ0n) is 28.4. The van der Waals surface area contributed by atoms with Crippen molar-refractivity contribution in [2.75, 3.05) is 31.1 Å². The van der Waals surface area contributed by atoms with Crippen molar-refractivity contribution in [2.24, 2.45) is 34.5 Å². The number of nitriles is 1. The first-order chi connectivity index (χ1) is 22.0. The van der Waals surface area contributed by atoms with Gasteiger partial charge in [-0.3, -0.25) is 9.59 Å². The summed E-state index contributed by atoms with van der Waals surface area (Å²) in [4.78, 5) is 40.0. The van der Waals surface area contributed by atoms with Crippen LogP contribution in [0, 0.1) is 45.8 Å². The van der Waals surface area contributed by atoms with Gasteiger partial charge in [0.05, 0.1) is 0 Å². The molecule has 46 heavy (non-hydrogen) atoms. The van der Waals surface area contributed by atoms with E-state index in [1.807, 2.05) is 30.3 Å². The van der Waals surface area contributed by atoms with Crippen molar-refractivity contribution in [3.8, 4) is 6.07 Å². The fourth-order valence-electron chi connectivity index (χ4n) is 9.71. The highest BCUT2D eigenvalue weighted by Crippen LogP contribution is 2.66. The van der Waals surface area contributed by atoms with E-state index < -0.39 is 12.0 Å². The third-order valence-electron chi connectivity index (χ3n) is 12.2. The van der Waals surface area contributed by atoms with Crippen molar-refractivity contribution in [1.29, 1.82) is 5.26 Å². The molecule has 8 nitrogen and oxygen atoms in total. The Morgan fingerprint density at radius 3 is 2.39 bits per heavy atom. The molecule has 0 aliphatic heterocycles.